The molecule has 0 radical (unpaired) electrons. The molecule has 0 spiro atoms. The summed E-state index contributed by atoms with van der Waals surface area (Å²) in [4.78, 5) is 52.1. The standard InChI is InChI=1S/C32H32F6N6O3.C23H28F3N5O3/c1-3-24-15-28(26-14-22(31(33,34)35)5-6-27(26)44(24)30(45)47-4-2)43(19-21-11-20(16-39)12-23(13-21)32(36,37)38)29-40-17-25(18-41-29)42-7-9-46-10-8-42;1-3-16-12-19(29-21-27-13-17(14-28-21)30-7-9-33-10-8-30)18-11-15(23(24,25)26)5-6-20(18)31(16)22(32)34-4-2/h5-6,11-14,17-18,24,28H,3-4,7-10,15,19H2,1-2H3;5-6,11,13-14,16,19H,3-4,7-10,12H2,1-2H3,(H,27,28,29)/t24-,28+;16-,19+/m11/s1. The van der Waals surface area contributed by atoms with Gasteiger partial charge in [0.05, 0.1) is 128 Å². The first-order chi connectivity index (χ1) is 38.6. The van der Waals surface area contributed by atoms with E-state index in [1.54, 1.807) is 44.7 Å². The molecule has 5 aromatic rings. The van der Waals surface area contributed by atoms with Crippen LogP contribution in [0.5, 0.6) is 0 Å². The molecule has 4 aliphatic heterocycles. The molecule has 0 unspecified atom stereocenters. The summed E-state index contributed by atoms with van der Waals surface area (Å²) < 4.78 is 145. The van der Waals surface area contributed by atoms with Gasteiger partial charge in [0.25, 0.3) is 0 Å². The van der Waals surface area contributed by atoms with E-state index in [0.29, 0.717) is 81.7 Å². The summed E-state index contributed by atoms with van der Waals surface area (Å²) in [5.41, 5.74) is -0.382. The fraction of sp³-hybridized carbons (Fsp3) is 0.473. The van der Waals surface area contributed by atoms with Crippen LogP contribution in [0.15, 0.2) is 79.4 Å². The van der Waals surface area contributed by atoms with E-state index >= 15 is 0 Å². The molecule has 26 heteroatoms. The topological polar surface area (TPSA) is 175 Å². The average Bonchev–Trinajstić information content (AvgIpc) is 3.62. The van der Waals surface area contributed by atoms with Crippen LogP contribution >= 0.6 is 0 Å². The Bertz CT molecular complexity index is 3010. The fourth-order valence-electron chi connectivity index (χ4n) is 10.4. The van der Waals surface area contributed by atoms with Gasteiger partial charge in [-0.25, -0.2) is 29.5 Å². The van der Waals surface area contributed by atoms with Crippen molar-refractivity contribution in [2.24, 2.45) is 0 Å². The minimum atomic E-state index is -4.75. The van der Waals surface area contributed by atoms with Crippen molar-refractivity contribution in [2.45, 2.75) is 103 Å². The Morgan fingerprint density at radius 2 is 1.11 bits per heavy atom. The lowest BCUT2D eigenvalue weighted by Gasteiger charge is -2.44. The molecule has 2 amide bonds. The monoisotopic (exact) mass is 1140 g/mol. The van der Waals surface area contributed by atoms with Crippen LogP contribution in [0.25, 0.3) is 0 Å². The summed E-state index contributed by atoms with van der Waals surface area (Å²) in [6, 6.07) is 8.90. The van der Waals surface area contributed by atoms with Gasteiger partial charge >= 0.3 is 30.7 Å². The number of benzene rings is 3. The number of hydrogen-bond donors (Lipinski definition) is 1. The highest BCUT2D eigenvalue weighted by molar-refractivity contribution is 5.91. The van der Waals surface area contributed by atoms with Crippen LogP contribution in [0.2, 0.25) is 0 Å². The summed E-state index contributed by atoms with van der Waals surface area (Å²) >= 11 is 0. The molecule has 4 atom stereocenters. The minimum absolute atomic E-state index is 0.0391. The molecule has 434 valence electrons. The molecule has 0 saturated carbocycles. The Morgan fingerprint density at radius 1 is 0.642 bits per heavy atom. The Kier molecular flexibility index (Phi) is 18.7. The molecule has 0 aliphatic carbocycles. The first kappa shape index (κ1) is 59.5. The minimum Gasteiger partial charge on any atom is -0.449 e. The number of anilines is 6. The maximum Gasteiger partial charge on any atom is 0.416 e. The Labute approximate surface area is 461 Å². The predicted octanol–water partition coefficient (Wildman–Crippen LogP) is 11.7. The van der Waals surface area contributed by atoms with Gasteiger partial charge < -0.3 is 39.0 Å². The zero-order valence-corrected chi connectivity index (χ0v) is 44.7. The van der Waals surface area contributed by atoms with Gasteiger partial charge in [-0.1, -0.05) is 13.8 Å². The molecule has 81 heavy (non-hydrogen) atoms. The summed E-state index contributed by atoms with van der Waals surface area (Å²) in [7, 11) is 0. The van der Waals surface area contributed by atoms with Gasteiger partial charge in [0.1, 0.15) is 0 Å². The largest absolute Gasteiger partial charge is 0.449 e. The number of nitrogens with one attached hydrogen (secondary N) is 1. The lowest BCUT2D eigenvalue weighted by molar-refractivity contribution is -0.138. The van der Waals surface area contributed by atoms with Gasteiger partial charge in [-0.05, 0) is 111 Å². The molecular weight excluding hydrogens is 1080 g/mol. The Hall–Kier alpha value is -7.66. The van der Waals surface area contributed by atoms with E-state index < -0.39 is 65.5 Å². The van der Waals surface area contributed by atoms with Crippen LogP contribution in [0, 0.1) is 11.3 Å². The lowest BCUT2D eigenvalue weighted by atomic mass is 9.87. The highest BCUT2D eigenvalue weighted by Gasteiger charge is 2.43. The second-order valence-corrected chi connectivity index (χ2v) is 19.3. The van der Waals surface area contributed by atoms with Crippen molar-refractivity contribution in [3.63, 3.8) is 0 Å². The molecule has 3 aromatic carbocycles. The number of morpholine rings is 2. The van der Waals surface area contributed by atoms with Crippen LogP contribution in [-0.4, -0.2) is 110 Å². The highest BCUT2D eigenvalue weighted by atomic mass is 19.4. The van der Waals surface area contributed by atoms with E-state index in [4.69, 9.17) is 18.9 Å². The quantitative estimate of drug-likeness (QED) is 0.117. The summed E-state index contributed by atoms with van der Waals surface area (Å²) in [5.74, 6) is 0.357. The van der Waals surface area contributed by atoms with Crippen LogP contribution in [0.3, 0.4) is 0 Å². The van der Waals surface area contributed by atoms with E-state index in [1.807, 2.05) is 18.7 Å². The van der Waals surface area contributed by atoms with Crippen LogP contribution in [0.4, 0.5) is 83.7 Å². The first-order valence-corrected chi connectivity index (χ1v) is 26.4. The SMILES string of the molecule is CCOC(=O)N1c2ccc(C(F)(F)F)cc2[C@@H](N(Cc2cc(C#N)cc(C(F)(F)F)c2)c2ncc(N3CCOCC3)cn2)C[C@H]1CC.CCOC(=O)N1c2ccc(C(F)(F)F)cc2[C@@H](Nc2ncc(N3CCOCC3)cn2)C[C@H]1CC. The molecule has 2 saturated heterocycles. The number of nitriles is 1. The van der Waals surface area contributed by atoms with Crippen molar-refractivity contribution < 1.29 is 68.1 Å². The average molecular weight is 1140 g/mol. The van der Waals surface area contributed by atoms with Crippen molar-refractivity contribution >= 4 is 46.8 Å². The number of ether oxygens (including phenoxy) is 4. The number of alkyl halides is 9. The van der Waals surface area contributed by atoms with Crippen LogP contribution < -0.4 is 29.8 Å². The van der Waals surface area contributed by atoms with E-state index in [9.17, 15) is 54.4 Å². The molecule has 17 nitrogen and oxygen atoms in total. The molecule has 4 aliphatic rings. The number of aromatic nitrogens is 4. The number of nitrogens with zero attached hydrogens (tertiary/aromatic N) is 10. The Balaban J connectivity index is 0.000000224. The van der Waals surface area contributed by atoms with Crippen molar-refractivity contribution in [3.05, 3.63) is 118 Å². The number of fused-ring (bicyclic) bond motifs is 2. The van der Waals surface area contributed by atoms with E-state index in [1.165, 1.54) is 32.9 Å². The molecule has 0 bridgehead atoms. The zero-order chi connectivity index (χ0) is 58.2. The molecule has 2 aromatic heterocycles. The predicted molar refractivity (Wildman–Crippen MR) is 281 cm³/mol. The number of carbonyl (C=O) groups is 2. The number of rotatable bonds is 12. The molecule has 2 fully saturated rings. The maximum absolute atomic E-state index is 14.0. The normalized spacial score (nSPS) is 19.3. The van der Waals surface area contributed by atoms with Gasteiger partial charge in [-0.3, -0.25) is 9.80 Å². The maximum atomic E-state index is 14.0. The second kappa shape index (κ2) is 25.4. The molecular formula is C55H60F9N11O6. The van der Waals surface area contributed by atoms with Gasteiger partial charge in [0.15, 0.2) is 0 Å². The molecule has 9 rings (SSSR count). The zero-order valence-electron chi connectivity index (χ0n) is 44.7. The third-order valence-electron chi connectivity index (χ3n) is 14.3. The van der Waals surface area contributed by atoms with Crippen molar-refractivity contribution in [1.82, 2.24) is 19.9 Å². The lowest BCUT2D eigenvalue weighted by Crippen LogP contribution is -2.48. The van der Waals surface area contributed by atoms with Gasteiger partial charge in [0, 0.05) is 44.8 Å². The molecule has 6 heterocycles. The number of hydrogen-bond acceptors (Lipinski definition) is 15. The fourth-order valence-corrected chi connectivity index (χ4v) is 10.4. The highest BCUT2D eigenvalue weighted by Crippen LogP contribution is 2.47. The third kappa shape index (κ3) is 13.9. The summed E-state index contributed by atoms with van der Waals surface area (Å²) in [5, 5.41) is 12.7. The molecule has 1 N–H and O–H groups in total. The first-order valence-electron chi connectivity index (χ1n) is 26.4. The number of amides is 2. The Morgan fingerprint density at radius 3 is 1.58 bits per heavy atom. The smallest absolute Gasteiger partial charge is 0.416 e. The second-order valence-electron chi connectivity index (χ2n) is 19.3. The van der Waals surface area contributed by atoms with E-state index in [2.05, 4.69) is 30.2 Å². The van der Waals surface area contributed by atoms with Crippen LogP contribution in [0.1, 0.15) is 104 Å². The summed E-state index contributed by atoms with van der Waals surface area (Å²) in [6.07, 6.45) is -7.33. The third-order valence-corrected chi connectivity index (χ3v) is 14.3. The van der Waals surface area contributed by atoms with Gasteiger partial charge in [-0.2, -0.15) is 44.8 Å². The van der Waals surface area contributed by atoms with Crippen LogP contribution in [-0.2, 0) is 44.0 Å². The number of halogens is 9. The van der Waals surface area contributed by atoms with E-state index in [-0.39, 0.29) is 60.5 Å². The van der Waals surface area contributed by atoms with Crippen molar-refractivity contribution in [2.75, 3.05) is 95.6 Å². The summed E-state index contributed by atoms with van der Waals surface area (Å²) in [6.45, 7) is 11.9. The van der Waals surface area contributed by atoms with E-state index in [0.717, 1.165) is 55.2 Å². The van der Waals surface area contributed by atoms with Crippen molar-refractivity contribution in [3.8, 4) is 6.07 Å². The number of carbonyl (C=O) groups excluding carboxylic acids is 2. The van der Waals surface area contributed by atoms with Gasteiger partial charge in [0.2, 0.25) is 11.9 Å². The van der Waals surface area contributed by atoms with Crippen molar-refractivity contribution in [1.29, 1.82) is 5.26 Å². The van der Waals surface area contributed by atoms with Gasteiger partial charge in [-0.15, -0.1) is 0 Å².